The summed E-state index contributed by atoms with van der Waals surface area (Å²) in [6, 6.07) is 7.50. The minimum atomic E-state index is -0.314. The van der Waals surface area contributed by atoms with E-state index in [0.717, 1.165) is 21.1 Å². The van der Waals surface area contributed by atoms with Crippen molar-refractivity contribution in [2.45, 2.75) is 19.9 Å². The van der Waals surface area contributed by atoms with Crippen LogP contribution in [0.4, 0.5) is 5.69 Å². The molecule has 0 bridgehead atoms. The van der Waals surface area contributed by atoms with Crippen LogP contribution in [0.5, 0.6) is 0 Å². The van der Waals surface area contributed by atoms with Gasteiger partial charge in [0.1, 0.15) is 0 Å². The lowest BCUT2D eigenvalue weighted by Crippen LogP contribution is -2.38. The number of aryl methyl sites for hydroxylation is 1. The van der Waals surface area contributed by atoms with Gasteiger partial charge in [-0.05, 0) is 30.2 Å². The molecule has 21 heavy (non-hydrogen) atoms. The van der Waals surface area contributed by atoms with Gasteiger partial charge in [0.2, 0.25) is 0 Å². The van der Waals surface area contributed by atoms with Gasteiger partial charge in [0, 0.05) is 36.0 Å². The second-order valence-corrected chi connectivity index (χ2v) is 5.80. The molecule has 1 aromatic carbocycles. The van der Waals surface area contributed by atoms with E-state index >= 15 is 0 Å². The van der Waals surface area contributed by atoms with E-state index in [1.165, 1.54) is 23.2 Å². The van der Waals surface area contributed by atoms with Crippen LogP contribution in [0.1, 0.15) is 18.2 Å². The third kappa shape index (κ3) is 3.26. The summed E-state index contributed by atoms with van der Waals surface area (Å²) in [5.74, 6) is 0. The standard InChI is InChI=1S/C15H18BrN3O2/c1-4-10-7-11(16)5-6-13(10)17-9-12-8-14(20)19(3)15(21)18(12)2/h5-8,17H,4,9H2,1-3H3. The Bertz CT molecular complexity index is 777. The number of halogens is 1. The van der Waals surface area contributed by atoms with E-state index in [0.29, 0.717) is 12.2 Å². The first kappa shape index (κ1) is 15.6. The molecule has 112 valence electrons. The Hall–Kier alpha value is -1.82. The van der Waals surface area contributed by atoms with Crippen molar-refractivity contribution >= 4 is 21.6 Å². The van der Waals surface area contributed by atoms with Gasteiger partial charge in [0.15, 0.2) is 0 Å². The second-order valence-electron chi connectivity index (χ2n) is 4.88. The fraction of sp³-hybridized carbons (Fsp3) is 0.333. The Morgan fingerprint density at radius 3 is 2.52 bits per heavy atom. The number of hydrogen-bond acceptors (Lipinski definition) is 3. The summed E-state index contributed by atoms with van der Waals surface area (Å²) in [5, 5.41) is 3.29. The summed E-state index contributed by atoms with van der Waals surface area (Å²) in [7, 11) is 3.15. The maximum Gasteiger partial charge on any atom is 0.330 e. The van der Waals surface area contributed by atoms with Gasteiger partial charge < -0.3 is 5.32 Å². The lowest BCUT2D eigenvalue weighted by Gasteiger charge is -2.14. The Balaban J connectivity index is 2.29. The fourth-order valence-electron chi connectivity index (χ4n) is 2.16. The average molecular weight is 352 g/mol. The summed E-state index contributed by atoms with van der Waals surface area (Å²) < 4.78 is 3.62. The minimum Gasteiger partial charge on any atom is -0.379 e. The fourth-order valence-corrected chi connectivity index (χ4v) is 2.57. The van der Waals surface area contributed by atoms with Gasteiger partial charge in [-0.15, -0.1) is 0 Å². The van der Waals surface area contributed by atoms with Crippen molar-refractivity contribution in [2.75, 3.05) is 5.32 Å². The zero-order valence-electron chi connectivity index (χ0n) is 12.3. The smallest absolute Gasteiger partial charge is 0.330 e. The van der Waals surface area contributed by atoms with E-state index in [-0.39, 0.29) is 11.2 Å². The number of rotatable bonds is 4. The molecule has 0 fully saturated rings. The molecule has 0 aliphatic rings. The predicted molar refractivity (Wildman–Crippen MR) is 87.8 cm³/mol. The van der Waals surface area contributed by atoms with Crippen LogP contribution in [-0.2, 0) is 27.1 Å². The van der Waals surface area contributed by atoms with Gasteiger partial charge >= 0.3 is 5.69 Å². The summed E-state index contributed by atoms with van der Waals surface area (Å²) >= 11 is 3.45. The molecule has 0 spiro atoms. The van der Waals surface area contributed by atoms with E-state index < -0.39 is 0 Å². The highest BCUT2D eigenvalue weighted by Crippen LogP contribution is 2.21. The highest BCUT2D eigenvalue weighted by Gasteiger charge is 2.07. The molecule has 1 aromatic heterocycles. The molecule has 0 aliphatic carbocycles. The monoisotopic (exact) mass is 351 g/mol. The summed E-state index contributed by atoms with van der Waals surface area (Å²) in [4.78, 5) is 23.6. The third-order valence-corrected chi connectivity index (χ3v) is 4.03. The topological polar surface area (TPSA) is 56.0 Å². The lowest BCUT2D eigenvalue weighted by atomic mass is 10.1. The van der Waals surface area contributed by atoms with E-state index in [4.69, 9.17) is 0 Å². The molecule has 6 heteroatoms. The van der Waals surface area contributed by atoms with Gasteiger partial charge in [0.05, 0.1) is 6.54 Å². The molecular formula is C15H18BrN3O2. The van der Waals surface area contributed by atoms with Crippen molar-refractivity contribution in [3.05, 3.63) is 60.8 Å². The Morgan fingerprint density at radius 1 is 1.14 bits per heavy atom. The van der Waals surface area contributed by atoms with Crippen LogP contribution in [0.3, 0.4) is 0 Å². The summed E-state index contributed by atoms with van der Waals surface area (Å²) in [6.45, 7) is 2.51. The number of anilines is 1. The van der Waals surface area contributed by atoms with Crippen LogP contribution in [-0.4, -0.2) is 9.13 Å². The molecule has 2 rings (SSSR count). The van der Waals surface area contributed by atoms with E-state index in [9.17, 15) is 9.59 Å². The molecule has 5 nitrogen and oxygen atoms in total. The van der Waals surface area contributed by atoms with Gasteiger partial charge in [-0.3, -0.25) is 13.9 Å². The first-order valence-corrected chi connectivity index (χ1v) is 7.51. The molecule has 0 saturated heterocycles. The zero-order chi connectivity index (χ0) is 15.6. The third-order valence-electron chi connectivity index (χ3n) is 3.53. The highest BCUT2D eigenvalue weighted by molar-refractivity contribution is 9.10. The SMILES string of the molecule is CCc1cc(Br)ccc1NCc1cc(=O)n(C)c(=O)n1C. The second kappa shape index (κ2) is 6.30. The quantitative estimate of drug-likeness (QED) is 0.916. The van der Waals surface area contributed by atoms with Gasteiger partial charge in [-0.2, -0.15) is 0 Å². The molecule has 0 saturated carbocycles. The Morgan fingerprint density at radius 2 is 1.86 bits per heavy atom. The van der Waals surface area contributed by atoms with Crippen LogP contribution in [0.15, 0.2) is 38.3 Å². The van der Waals surface area contributed by atoms with Gasteiger partial charge in [0.25, 0.3) is 5.56 Å². The van der Waals surface area contributed by atoms with E-state index in [1.807, 2.05) is 12.1 Å². The normalized spacial score (nSPS) is 10.7. The Kier molecular flexibility index (Phi) is 4.67. The maximum atomic E-state index is 11.9. The summed E-state index contributed by atoms with van der Waals surface area (Å²) in [6.07, 6.45) is 0.900. The maximum absolute atomic E-state index is 11.9. The molecule has 1 heterocycles. The van der Waals surface area contributed by atoms with Gasteiger partial charge in [-0.25, -0.2) is 4.79 Å². The predicted octanol–water partition coefficient (Wildman–Crippen LogP) is 2.02. The number of hydrogen-bond donors (Lipinski definition) is 1. The van der Waals surface area contributed by atoms with Crippen molar-refractivity contribution in [1.29, 1.82) is 0 Å². The van der Waals surface area contributed by atoms with E-state index in [1.54, 1.807) is 7.05 Å². The van der Waals surface area contributed by atoms with Gasteiger partial charge in [-0.1, -0.05) is 22.9 Å². The van der Waals surface area contributed by atoms with Crippen LogP contribution in [0.25, 0.3) is 0 Å². The van der Waals surface area contributed by atoms with Crippen molar-refractivity contribution in [3.8, 4) is 0 Å². The average Bonchev–Trinajstić information content (AvgIpc) is 2.48. The highest BCUT2D eigenvalue weighted by atomic mass is 79.9. The molecule has 0 atom stereocenters. The molecule has 0 radical (unpaired) electrons. The van der Waals surface area contributed by atoms with Crippen molar-refractivity contribution < 1.29 is 0 Å². The molecule has 0 aliphatic heterocycles. The van der Waals surface area contributed by atoms with Crippen molar-refractivity contribution in [2.24, 2.45) is 14.1 Å². The number of aromatic nitrogens is 2. The minimum absolute atomic E-state index is 0.290. The first-order valence-electron chi connectivity index (χ1n) is 6.72. The number of benzene rings is 1. The molecule has 0 unspecified atom stereocenters. The van der Waals surface area contributed by atoms with Crippen LogP contribution in [0.2, 0.25) is 0 Å². The van der Waals surface area contributed by atoms with Crippen molar-refractivity contribution in [3.63, 3.8) is 0 Å². The summed E-state index contributed by atoms with van der Waals surface area (Å²) in [5.41, 5.74) is 2.24. The van der Waals surface area contributed by atoms with E-state index in [2.05, 4.69) is 34.2 Å². The van der Waals surface area contributed by atoms with Crippen LogP contribution in [0, 0.1) is 0 Å². The molecular weight excluding hydrogens is 334 g/mol. The van der Waals surface area contributed by atoms with Crippen LogP contribution >= 0.6 is 15.9 Å². The lowest BCUT2D eigenvalue weighted by molar-refractivity contribution is 0.655. The largest absolute Gasteiger partial charge is 0.379 e. The molecule has 0 amide bonds. The number of nitrogens with zero attached hydrogens (tertiary/aromatic N) is 2. The number of nitrogens with one attached hydrogen (secondary N) is 1. The zero-order valence-corrected chi connectivity index (χ0v) is 13.9. The molecule has 1 N–H and O–H groups in total. The first-order chi connectivity index (χ1) is 9.93. The van der Waals surface area contributed by atoms with Crippen LogP contribution < -0.4 is 16.6 Å². The van der Waals surface area contributed by atoms with Crippen molar-refractivity contribution in [1.82, 2.24) is 9.13 Å². The Labute approximate surface area is 131 Å². The molecule has 2 aromatic rings.